The predicted molar refractivity (Wildman–Crippen MR) is 122 cm³/mol. The van der Waals surface area contributed by atoms with E-state index in [0.717, 1.165) is 34.9 Å². The van der Waals surface area contributed by atoms with Crippen LogP contribution in [-0.2, 0) is 9.59 Å². The zero-order valence-electron chi connectivity index (χ0n) is 18.1. The van der Waals surface area contributed by atoms with E-state index < -0.39 is 5.91 Å². The van der Waals surface area contributed by atoms with Crippen LogP contribution in [0.1, 0.15) is 26.7 Å². The lowest BCUT2D eigenvalue weighted by atomic mass is 10.0. The fourth-order valence-electron chi connectivity index (χ4n) is 3.47. The topological polar surface area (TPSA) is 120 Å². The van der Waals surface area contributed by atoms with Crippen LogP contribution in [0.3, 0.4) is 0 Å². The molecule has 1 fully saturated rings. The first-order valence-corrected chi connectivity index (χ1v) is 10.3. The van der Waals surface area contributed by atoms with Crippen molar-refractivity contribution in [2.75, 3.05) is 17.7 Å². The summed E-state index contributed by atoms with van der Waals surface area (Å²) in [7, 11) is 1.53. The number of carbonyl (C=O) groups is 2. The molecular formula is C24H23N5O3. The van der Waals surface area contributed by atoms with Crippen molar-refractivity contribution in [3.8, 4) is 23.1 Å². The fraction of sp³-hybridized carbons (Fsp3) is 0.250. The number of fused-ring (bicyclic) bond motifs is 1. The van der Waals surface area contributed by atoms with Gasteiger partial charge in [-0.15, -0.1) is 0 Å². The maximum Gasteiger partial charge on any atom is 0.266 e. The lowest BCUT2D eigenvalue weighted by molar-refractivity contribution is -0.117. The van der Waals surface area contributed by atoms with Crippen molar-refractivity contribution in [3.05, 3.63) is 47.7 Å². The maximum absolute atomic E-state index is 12.5. The molecule has 0 bridgehead atoms. The standard InChI is InChI=1S/C24H23N5O3/c1-13(2)17(11-25)24(31)27-19-6-4-5-16-18(12-26-22(16)19)15-9-20(28-21(10-15)32-3)29-23(30)14-7-8-14/h4-6,9-10,12,14,26H,7-8H2,1-3H3,(H,27,31)(H,28,29,30). The second kappa shape index (κ2) is 8.55. The van der Waals surface area contributed by atoms with Gasteiger partial charge in [-0.25, -0.2) is 0 Å². The summed E-state index contributed by atoms with van der Waals surface area (Å²) >= 11 is 0. The summed E-state index contributed by atoms with van der Waals surface area (Å²) in [6, 6.07) is 11.1. The van der Waals surface area contributed by atoms with Crippen LogP contribution >= 0.6 is 0 Å². The predicted octanol–water partition coefficient (Wildman–Crippen LogP) is 4.39. The Morgan fingerprint density at radius 1 is 1.22 bits per heavy atom. The average molecular weight is 429 g/mol. The molecule has 1 aliphatic rings. The molecule has 0 saturated heterocycles. The number of rotatable bonds is 6. The number of nitrogens with one attached hydrogen (secondary N) is 3. The molecule has 0 aliphatic heterocycles. The third kappa shape index (κ3) is 4.18. The largest absolute Gasteiger partial charge is 0.481 e. The number of carbonyl (C=O) groups excluding carboxylic acids is 2. The first kappa shape index (κ1) is 21.1. The van der Waals surface area contributed by atoms with E-state index in [4.69, 9.17) is 4.74 Å². The highest BCUT2D eigenvalue weighted by Gasteiger charge is 2.30. The highest BCUT2D eigenvalue weighted by molar-refractivity contribution is 6.12. The molecule has 1 aliphatic carbocycles. The molecule has 32 heavy (non-hydrogen) atoms. The van der Waals surface area contributed by atoms with E-state index in [1.54, 1.807) is 32.0 Å². The van der Waals surface area contributed by atoms with Crippen molar-refractivity contribution in [3.63, 3.8) is 0 Å². The van der Waals surface area contributed by atoms with Crippen LogP contribution in [0.2, 0.25) is 0 Å². The Bertz CT molecular complexity index is 1290. The third-order valence-electron chi connectivity index (χ3n) is 5.32. The second-order valence-electron chi connectivity index (χ2n) is 7.92. The fourth-order valence-corrected chi connectivity index (χ4v) is 3.47. The summed E-state index contributed by atoms with van der Waals surface area (Å²) < 4.78 is 5.34. The van der Waals surface area contributed by atoms with E-state index in [-0.39, 0.29) is 17.4 Å². The van der Waals surface area contributed by atoms with Crippen molar-refractivity contribution in [2.45, 2.75) is 26.7 Å². The van der Waals surface area contributed by atoms with Crippen molar-refractivity contribution in [1.82, 2.24) is 9.97 Å². The van der Waals surface area contributed by atoms with Gasteiger partial charge in [-0.3, -0.25) is 9.59 Å². The number of allylic oxidation sites excluding steroid dienone is 1. The van der Waals surface area contributed by atoms with Gasteiger partial charge >= 0.3 is 0 Å². The van der Waals surface area contributed by atoms with E-state index >= 15 is 0 Å². The van der Waals surface area contributed by atoms with Gasteiger partial charge in [-0.1, -0.05) is 17.7 Å². The van der Waals surface area contributed by atoms with Crippen LogP contribution in [0.15, 0.2) is 47.7 Å². The van der Waals surface area contributed by atoms with Crippen molar-refractivity contribution < 1.29 is 14.3 Å². The number of methoxy groups -OCH3 is 1. The molecule has 0 unspecified atom stereocenters. The molecule has 3 N–H and O–H groups in total. The molecule has 4 rings (SSSR count). The molecule has 2 heterocycles. The quantitative estimate of drug-likeness (QED) is 0.397. The van der Waals surface area contributed by atoms with E-state index in [0.29, 0.717) is 23.0 Å². The highest BCUT2D eigenvalue weighted by atomic mass is 16.5. The third-order valence-corrected chi connectivity index (χ3v) is 5.32. The number of hydrogen-bond acceptors (Lipinski definition) is 5. The number of hydrogen-bond donors (Lipinski definition) is 3. The van der Waals surface area contributed by atoms with Gasteiger partial charge in [-0.2, -0.15) is 10.2 Å². The zero-order chi connectivity index (χ0) is 22.8. The van der Waals surface area contributed by atoms with Crippen LogP contribution in [0, 0.1) is 17.2 Å². The van der Waals surface area contributed by atoms with Crippen LogP contribution < -0.4 is 15.4 Å². The minimum Gasteiger partial charge on any atom is -0.481 e. The van der Waals surface area contributed by atoms with Gasteiger partial charge < -0.3 is 20.4 Å². The molecule has 3 aromatic rings. The number of pyridine rings is 1. The van der Waals surface area contributed by atoms with Crippen LogP contribution in [0.4, 0.5) is 11.5 Å². The number of aromatic nitrogens is 2. The maximum atomic E-state index is 12.5. The zero-order valence-corrected chi connectivity index (χ0v) is 18.1. The lowest BCUT2D eigenvalue weighted by Gasteiger charge is -2.10. The van der Waals surface area contributed by atoms with Gasteiger partial charge in [0.25, 0.3) is 5.91 Å². The molecule has 0 radical (unpaired) electrons. The van der Waals surface area contributed by atoms with Crippen molar-refractivity contribution >= 4 is 34.2 Å². The van der Waals surface area contributed by atoms with Gasteiger partial charge in [-0.05, 0) is 44.4 Å². The number of anilines is 2. The van der Waals surface area contributed by atoms with Gasteiger partial charge in [0.15, 0.2) is 0 Å². The second-order valence-corrected chi connectivity index (χ2v) is 7.92. The van der Waals surface area contributed by atoms with Crippen LogP contribution in [-0.4, -0.2) is 28.9 Å². The summed E-state index contributed by atoms with van der Waals surface area (Å²) in [6.07, 6.45) is 3.63. The van der Waals surface area contributed by atoms with Crippen LogP contribution in [0.25, 0.3) is 22.0 Å². The smallest absolute Gasteiger partial charge is 0.266 e. The molecule has 8 nitrogen and oxygen atoms in total. The first-order valence-electron chi connectivity index (χ1n) is 10.3. The number of nitriles is 1. The Labute approximate surface area is 185 Å². The minimum absolute atomic E-state index is 0.0341. The number of nitrogens with zero attached hydrogens (tertiary/aromatic N) is 2. The Balaban J connectivity index is 1.71. The summed E-state index contributed by atoms with van der Waals surface area (Å²) in [4.78, 5) is 32.3. The summed E-state index contributed by atoms with van der Waals surface area (Å²) in [6.45, 7) is 3.45. The highest BCUT2D eigenvalue weighted by Crippen LogP contribution is 2.35. The number of amides is 2. The number of benzene rings is 1. The summed E-state index contributed by atoms with van der Waals surface area (Å²) in [5.74, 6) is 0.386. The SMILES string of the molecule is COc1cc(-c2c[nH]c3c(NC(=O)C(C#N)=C(C)C)cccc23)cc(NC(=O)C2CC2)n1. The molecule has 2 aromatic heterocycles. The molecular weight excluding hydrogens is 406 g/mol. The van der Waals surface area contributed by atoms with Gasteiger partial charge in [0, 0.05) is 29.1 Å². The average Bonchev–Trinajstić information content (AvgIpc) is 3.53. The molecule has 162 valence electrons. The molecule has 2 amide bonds. The minimum atomic E-state index is -0.452. The Hall–Kier alpha value is -4.12. The first-order chi connectivity index (χ1) is 15.4. The number of H-pyrrole nitrogens is 1. The Morgan fingerprint density at radius 3 is 2.66 bits per heavy atom. The molecule has 1 saturated carbocycles. The van der Waals surface area contributed by atoms with E-state index in [1.807, 2.05) is 24.4 Å². The van der Waals surface area contributed by atoms with E-state index in [2.05, 4.69) is 20.6 Å². The van der Waals surface area contributed by atoms with Crippen molar-refractivity contribution in [1.29, 1.82) is 5.26 Å². The monoisotopic (exact) mass is 429 g/mol. The molecule has 8 heteroatoms. The summed E-state index contributed by atoms with van der Waals surface area (Å²) in [5, 5.41) is 15.8. The van der Waals surface area contributed by atoms with Crippen molar-refractivity contribution in [2.24, 2.45) is 5.92 Å². The Morgan fingerprint density at radius 2 is 2.00 bits per heavy atom. The number of para-hydroxylation sites is 1. The number of ether oxygens (including phenoxy) is 1. The van der Waals surface area contributed by atoms with E-state index in [1.165, 1.54) is 7.11 Å². The molecule has 0 spiro atoms. The summed E-state index contributed by atoms with van der Waals surface area (Å²) in [5.41, 5.74) is 3.69. The van der Waals surface area contributed by atoms with E-state index in [9.17, 15) is 14.9 Å². The van der Waals surface area contributed by atoms with Crippen LogP contribution in [0.5, 0.6) is 5.88 Å². The lowest BCUT2D eigenvalue weighted by Crippen LogP contribution is -2.14. The normalized spacial score (nSPS) is 12.7. The van der Waals surface area contributed by atoms with Gasteiger partial charge in [0.05, 0.1) is 18.3 Å². The number of aromatic amines is 1. The van der Waals surface area contributed by atoms with Gasteiger partial charge in [0.2, 0.25) is 11.8 Å². The molecule has 0 atom stereocenters. The Kier molecular flexibility index (Phi) is 5.65. The van der Waals surface area contributed by atoms with Gasteiger partial charge in [0.1, 0.15) is 17.5 Å². The molecule has 1 aromatic carbocycles.